The second kappa shape index (κ2) is 14.9. The van der Waals surface area contributed by atoms with Crippen LogP contribution in [0.4, 0.5) is 0 Å². The molecule has 54 heavy (non-hydrogen) atoms. The van der Waals surface area contributed by atoms with Crippen LogP contribution in [0, 0.1) is 18.3 Å². The van der Waals surface area contributed by atoms with Crippen molar-refractivity contribution in [1.29, 1.82) is 0 Å². The molecule has 3 heterocycles. The summed E-state index contributed by atoms with van der Waals surface area (Å²) in [4.78, 5) is 23.8. The Kier molecular flexibility index (Phi) is 10.7. The van der Waals surface area contributed by atoms with Crippen LogP contribution in [-0.4, -0.2) is 76.0 Å². The van der Waals surface area contributed by atoms with Crippen molar-refractivity contribution < 1.29 is 9.90 Å². The lowest BCUT2D eigenvalue weighted by Crippen LogP contribution is -2.54. The van der Waals surface area contributed by atoms with Crippen molar-refractivity contribution in [2.75, 3.05) is 39.8 Å². The number of benzene rings is 2. The van der Waals surface area contributed by atoms with Gasteiger partial charge in [0.1, 0.15) is 0 Å². The van der Waals surface area contributed by atoms with E-state index in [9.17, 15) is 9.90 Å². The van der Waals surface area contributed by atoms with Crippen molar-refractivity contribution in [1.82, 2.24) is 19.6 Å². The summed E-state index contributed by atoms with van der Waals surface area (Å²) in [6.07, 6.45) is 11.7. The van der Waals surface area contributed by atoms with E-state index < -0.39 is 5.41 Å². The molecule has 1 saturated heterocycles. The van der Waals surface area contributed by atoms with E-state index in [1.807, 2.05) is 19.9 Å². The van der Waals surface area contributed by atoms with E-state index in [1.165, 1.54) is 76.6 Å². The maximum Gasteiger partial charge on any atom is 0.250 e. The molecule has 1 amide bonds. The van der Waals surface area contributed by atoms with Crippen molar-refractivity contribution in [3.8, 4) is 0 Å². The molecule has 0 radical (unpaired) electrons. The highest BCUT2D eigenvalue weighted by Gasteiger charge is 2.51. The molecule has 290 valence electrons. The summed E-state index contributed by atoms with van der Waals surface area (Å²) in [5, 5.41) is 9.93. The maximum atomic E-state index is 14.0. The smallest absolute Gasteiger partial charge is 0.250 e. The summed E-state index contributed by atoms with van der Waals surface area (Å²) in [5.74, 6) is 0.883. The fraction of sp³-hybridized carbons (Fsp3) is 0.562. The van der Waals surface area contributed by atoms with Gasteiger partial charge in [-0.1, -0.05) is 77.1 Å². The number of rotatable bonds is 10. The van der Waals surface area contributed by atoms with Gasteiger partial charge >= 0.3 is 0 Å². The van der Waals surface area contributed by atoms with E-state index in [4.69, 9.17) is 0 Å². The number of aryl methyl sites for hydroxylation is 1. The number of nitrogens with zero attached hydrogens (tertiary/aromatic N) is 4. The number of amides is 1. The molecule has 2 aromatic carbocycles. The Morgan fingerprint density at radius 3 is 2.41 bits per heavy atom. The van der Waals surface area contributed by atoms with Crippen molar-refractivity contribution >= 4 is 11.5 Å². The minimum atomic E-state index is -0.429. The van der Waals surface area contributed by atoms with Crippen molar-refractivity contribution in [2.24, 2.45) is 11.3 Å². The monoisotopic (exact) mass is 731 g/mol. The molecule has 5 aliphatic rings. The number of aliphatic hydroxyl groups excluding tert-OH is 1. The lowest BCUT2D eigenvalue weighted by molar-refractivity contribution is -0.130. The van der Waals surface area contributed by atoms with E-state index in [2.05, 4.69) is 111 Å². The van der Waals surface area contributed by atoms with Gasteiger partial charge in [-0.05, 0) is 122 Å². The first-order valence-electron chi connectivity index (χ1n) is 20.8. The molecule has 0 aromatic heterocycles. The highest BCUT2D eigenvalue weighted by atomic mass is 16.3. The molecule has 2 saturated carbocycles. The first-order chi connectivity index (χ1) is 25.6. The molecule has 1 unspecified atom stereocenters. The molecule has 2 aliphatic carbocycles. The Balaban J connectivity index is 1.06. The van der Waals surface area contributed by atoms with Crippen molar-refractivity contribution in [3.63, 3.8) is 0 Å². The molecule has 2 aromatic rings. The van der Waals surface area contributed by atoms with Gasteiger partial charge in [0.2, 0.25) is 5.91 Å². The minimum Gasteiger partial charge on any atom is -0.395 e. The zero-order valence-corrected chi connectivity index (χ0v) is 34.8. The molecule has 1 N–H and O–H groups in total. The topological polar surface area (TPSA) is 50.3 Å². The van der Waals surface area contributed by atoms with Crippen molar-refractivity contribution in [2.45, 2.75) is 125 Å². The molecular formula is C48H66N4O2. The van der Waals surface area contributed by atoms with Gasteiger partial charge in [-0.25, -0.2) is 0 Å². The fourth-order valence-corrected chi connectivity index (χ4v) is 9.53. The predicted octanol–water partition coefficient (Wildman–Crippen LogP) is 9.30. The van der Waals surface area contributed by atoms with Crippen molar-refractivity contribution in [3.05, 3.63) is 111 Å². The second-order valence-electron chi connectivity index (χ2n) is 18.6. The van der Waals surface area contributed by atoms with Crippen LogP contribution >= 0.6 is 0 Å². The zero-order valence-electron chi connectivity index (χ0n) is 34.8. The Morgan fingerprint density at radius 2 is 1.76 bits per heavy atom. The highest BCUT2D eigenvalue weighted by Crippen LogP contribution is 2.47. The zero-order chi connectivity index (χ0) is 38.7. The van der Waals surface area contributed by atoms with E-state index in [0.29, 0.717) is 5.92 Å². The molecule has 0 bridgehead atoms. The number of aliphatic hydroxyl groups is 1. The molecule has 1 spiro atoms. The standard InChI is InChI=1S/C48H66N4O2/c1-31(2)43(25-47(8,9)30-53)46(54)52-19-16-39-15-14-37(23-41(39)36(52)7)26-51-21-20-50(29-48(51)17-18-48)28-44-32(3)22-40(24-42(44)38-12-11-13-38)45-27-49(10)35(6)33(4)34(45)5/h14-15,22-25,27,31,36,38,53H,6,11-13,16-21,26,28-30H2,1-5,7-10H3/b43-25+. The lowest BCUT2D eigenvalue weighted by Gasteiger charge is -2.43. The van der Waals surface area contributed by atoms with Crippen LogP contribution in [-0.2, 0) is 24.3 Å². The van der Waals surface area contributed by atoms with Gasteiger partial charge < -0.3 is 14.9 Å². The van der Waals surface area contributed by atoms with Crippen LogP contribution in [0.15, 0.2) is 71.6 Å². The first kappa shape index (κ1) is 38.8. The molecular weight excluding hydrogens is 665 g/mol. The minimum absolute atomic E-state index is 0.0190. The number of fused-ring (bicyclic) bond motifs is 1. The van der Waals surface area contributed by atoms with Crippen LogP contribution in [0.3, 0.4) is 0 Å². The average molecular weight is 731 g/mol. The largest absolute Gasteiger partial charge is 0.395 e. The van der Waals surface area contributed by atoms with E-state index in [1.54, 1.807) is 11.1 Å². The Hall–Kier alpha value is -3.45. The normalized spacial score (nSPS) is 22.6. The fourth-order valence-electron chi connectivity index (χ4n) is 9.53. The van der Waals surface area contributed by atoms with Gasteiger partial charge in [0.15, 0.2) is 0 Å². The second-order valence-corrected chi connectivity index (χ2v) is 18.6. The van der Waals surface area contributed by atoms with Gasteiger partial charge in [-0.2, -0.15) is 0 Å². The van der Waals surface area contributed by atoms with E-state index >= 15 is 0 Å². The number of piperazine rings is 1. The molecule has 3 aliphatic heterocycles. The third kappa shape index (κ3) is 7.43. The Labute approximate surface area is 326 Å². The number of hydrogen-bond acceptors (Lipinski definition) is 5. The number of allylic oxidation sites excluding steroid dienone is 3. The lowest BCUT2D eigenvalue weighted by atomic mass is 9.75. The summed E-state index contributed by atoms with van der Waals surface area (Å²) in [6.45, 7) is 27.5. The molecule has 6 heteroatoms. The van der Waals surface area contributed by atoms with Crippen LogP contribution in [0.2, 0.25) is 0 Å². The summed E-state index contributed by atoms with van der Waals surface area (Å²) in [7, 11) is 2.12. The molecule has 7 rings (SSSR count). The number of hydrogen-bond donors (Lipinski definition) is 1. The predicted molar refractivity (Wildman–Crippen MR) is 223 cm³/mol. The van der Waals surface area contributed by atoms with Gasteiger partial charge in [0, 0.05) is 80.3 Å². The van der Waals surface area contributed by atoms with Gasteiger partial charge in [-0.3, -0.25) is 14.6 Å². The maximum absolute atomic E-state index is 14.0. The molecule has 3 fully saturated rings. The third-order valence-electron chi connectivity index (χ3n) is 13.8. The Morgan fingerprint density at radius 1 is 1.02 bits per heavy atom. The average Bonchev–Trinajstić information content (AvgIpc) is 3.89. The number of likely N-dealkylation sites (N-methyl/N-ethyl adjacent to an activating group) is 1. The summed E-state index contributed by atoms with van der Waals surface area (Å²) < 4.78 is 0. The van der Waals surface area contributed by atoms with Crippen LogP contribution in [0.1, 0.15) is 131 Å². The van der Waals surface area contributed by atoms with Gasteiger partial charge in [-0.15, -0.1) is 0 Å². The van der Waals surface area contributed by atoms with Crippen LogP contribution in [0.25, 0.3) is 5.57 Å². The van der Waals surface area contributed by atoms with Crippen LogP contribution in [0.5, 0.6) is 0 Å². The van der Waals surface area contributed by atoms with Gasteiger partial charge in [0.25, 0.3) is 0 Å². The van der Waals surface area contributed by atoms with E-state index in [-0.39, 0.29) is 30.0 Å². The Bertz CT molecular complexity index is 1900. The molecule has 6 nitrogen and oxygen atoms in total. The summed E-state index contributed by atoms with van der Waals surface area (Å²) in [6, 6.07) is 12.1. The highest BCUT2D eigenvalue weighted by molar-refractivity contribution is 5.94. The third-order valence-corrected chi connectivity index (χ3v) is 13.8. The SMILES string of the molecule is C=C1C(C)=C(C)C(c2cc(C)c(CN3CCN(Cc4ccc5c(c4)C(C)N(C(=O)/C(=C/C(C)(C)CO)C(C)C)CC5)C4(CC4)C3)c(C3CCC3)c2)=CN1C. The van der Waals surface area contributed by atoms with E-state index in [0.717, 1.165) is 57.0 Å². The van der Waals surface area contributed by atoms with Gasteiger partial charge in [0.05, 0.1) is 12.6 Å². The summed E-state index contributed by atoms with van der Waals surface area (Å²) >= 11 is 0. The summed E-state index contributed by atoms with van der Waals surface area (Å²) in [5.41, 5.74) is 15.7. The quantitative estimate of drug-likeness (QED) is 0.247. The number of carbonyl (C=O) groups excluding carboxylic acids is 1. The first-order valence-corrected chi connectivity index (χ1v) is 20.8. The van der Waals surface area contributed by atoms with Crippen LogP contribution < -0.4 is 0 Å². The number of carbonyl (C=O) groups is 1. The molecule has 1 atom stereocenters.